The molecule has 0 aliphatic heterocycles. The van der Waals surface area contributed by atoms with E-state index in [0.717, 1.165) is 32.7 Å². The van der Waals surface area contributed by atoms with Crippen molar-refractivity contribution in [1.82, 2.24) is 0 Å². The van der Waals surface area contributed by atoms with Gasteiger partial charge in [0.2, 0.25) is 0 Å². The number of fused-ring (bicyclic) bond motifs is 2. The summed E-state index contributed by atoms with van der Waals surface area (Å²) in [5.41, 5.74) is 1.87. The second-order valence-electron chi connectivity index (χ2n) is 6.19. The van der Waals surface area contributed by atoms with Crippen LogP contribution in [0.4, 0.5) is 4.79 Å². The minimum atomic E-state index is -0.661. The Labute approximate surface area is 151 Å². The molecule has 3 nitrogen and oxygen atoms in total. The van der Waals surface area contributed by atoms with E-state index in [1.54, 1.807) is 0 Å². The second-order valence-corrected chi connectivity index (χ2v) is 6.19. The van der Waals surface area contributed by atoms with Crippen molar-refractivity contribution in [1.29, 1.82) is 0 Å². The lowest BCUT2D eigenvalue weighted by Gasteiger charge is -2.08. The Balaban J connectivity index is 1.34. The first-order valence-electron chi connectivity index (χ1n) is 8.53. The molecule has 0 aliphatic rings. The number of hydrogen-bond donors (Lipinski definition) is 0. The van der Waals surface area contributed by atoms with Crippen molar-refractivity contribution in [3.05, 3.63) is 96.1 Å². The maximum Gasteiger partial charge on any atom is 0.508 e. The molecule has 0 N–H and O–H groups in total. The summed E-state index contributed by atoms with van der Waals surface area (Å²) < 4.78 is 10.5. The molecule has 0 aromatic heterocycles. The molecule has 0 saturated heterocycles. The van der Waals surface area contributed by atoms with Gasteiger partial charge in [0.1, 0.15) is 13.2 Å². The van der Waals surface area contributed by atoms with Crippen molar-refractivity contribution in [3.8, 4) is 0 Å². The zero-order chi connectivity index (χ0) is 17.8. The number of carbonyl (C=O) groups excluding carboxylic acids is 1. The standard InChI is InChI=1S/C23H18O3/c24-23(25-15-17-9-11-19-5-1-3-7-21(19)13-17)26-16-18-10-12-20-6-2-4-8-22(20)14-18/h1-14H,15-16H2. The van der Waals surface area contributed by atoms with Gasteiger partial charge in [-0.25, -0.2) is 4.79 Å². The van der Waals surface area contributed by atoms with E-state index in [-0.39, 0.29) is 13.2 Å². The first-order chi connectivity index (χ1) is 12.8. The highest BCUT2D eigenvalue weighted by Crippen LogP contribution is 2.18. The zero-order valence-electron chi connectivity index (χ0n) is 14.2. The summed E-state index contributed by atoms with van der Waals surface area (Å²) in [6.45, 7) is 0.392. The van der Waals surface area contributed by atoms with E-state index >= 15 is 0 Å². The molecule has 0 unspecified atom stereocenters. The summed E-state index contributed by atoms with van der Waals surface area (Å²) >= 11 is 0. The van der Waals surface area contributed by atoms with Gasteiger partial charge in [-0.2, -0.15) is 0 Å². The molecular formula is C23H18O3. The molecule has 0 spiro atoms. The van der Waals surface area contributed by atoms with Gasteiger partial charge in [-0.15, -0.1) is 0 Å². The van der Waals surface area contributed by atoms with Crippen molar-refractivity contribution >= 4 is 27.7 Å². The summed E-state index contributed by atoms with van der Waals surface area (Å²) in [5.74, 6) is 0. The monoisotopic (exact) mass is 342 g/mol. The van der Waals surface area contributed by atoms with E-state index in [2.05, 4.69) is 12.1 Å². The Kier molecular flexibility index (Phi) is 4.52. The SMILES string of the molecule is O=C(OCc1ccc2ccccc2c1)OCc1ccc2ccccc2c1. The van der Waals surface area contributed by atoms with Crippen LogP contribution in [-0.4, -0.2) is 6.16 Å². The molecule has 26 heavy (non-hydrogen) atoms. The predicted octanol–water partition coefficient (Wildman–Crippen LogP) is 5.85. The third-order valence-electron chi connectivity index (χ3n) is 4.34. The normalized spacial score (nSPS) is 10.8. The Hall–Kier alpha value is -3.33. The van der Waals surface area contributed by atoms with Gasteiger partial charge >= 0.3 is 6.16 Å². The van der Waals surface area contributed by atoms with E-state index in [0.29, 0.717) is 0 Å². The molecule has 0 heterocycles. The topological polar surface area (TPSA) is 35.5 Å². The molecule has 0 aliphatic carbocycles. The molecule has 0 fully saturated rings. The lowest BCUT2D eigenvalue weighted by atomic mass is 10.1. The van der Waals surface area contributed by atoms with Crippen LogP contribution >= 0.6 is 0 Å². The van der Waals surface area contributed by atoms with Crippen molar-refractivity contribution < 1.29 is 14.3 Å². The summed E-state index contributed by atoms with van der Waals surface area (Å²) in [5, 5.41) is 4.57. The molecule has 0 radical (unpaired) electrons. The maximum atomic E-state index is 11.9. The average molecular weight is 342 g/mol. The summed E-state index contributed by atoms with van der Waals surface area (Å²) in [6.07, 6.45) is -0.661. The molecule has 128 valence electrons. The van der Waals surface area contributed by atoms with E-state index in [1.807, 2.05) is 72.8 Å². The number of rotatable bonds is 4. The van der Waals surface area contributed by atoms with Crippen LogP contribution in [0.5, 0.6) is 0 Å². The Bertz CT molecular complexity index is 984. The van der Waals surface area contributed by atoms with Gasteiger partial charge in [-0.05, 0) is 44.8 Å². The lowest BCUT2D eigenvalue weighted by Crippen LogP contribution is -2.07. The van der Waals surface area contributed by atoms with E-state index in [4.69, 9.17) is 9.47 Å². The smallest absolute Gasteiger partial charge is 0.429 e. The first-order valence-corrected chi connectivity index (χ1v) is 8.53. The van der Waals surface area contributed by atoms with Crippen LogP contribution < -0.4 is 0 Å². The molecule has 4 rings (SSSR count). The summed E-state index contributed by atoms with van der Waals surface area (Å²) in [6, 6.07) is 28.2. The minimum absolute atomic E-state index is 0.196. The zero-order valence-corrected chi connectivity index (χ0v) is 14.2. The van der Waals surface area contributed by atoms with Crippen LogP contribution in [0.25, 0.3) is 21.5 Å². The van der Waals surface area contributed by atoms with Gasteiger partial charge in [-0.3, -0.25) is 0 Å². The molecular weight excluding hydrogens is 324 g/mol. The maximum absolute atomic E-state index is 11.9. The van der Waals surface area contributed by atoms with Gasteiger partial charge in [0, 0.05) is 0 Å². The van der Waals surface area contributed by atoms with Crippen LogP contribution in [0.3, 0.4) is 0 Å². The molecule has 0 bridgehead atoms. The van der Waals surface area contributed by atoms with Crippen molar-refractivity contribution in [2.24, 2.45) is 0 Å². The Morgan fingerprint density at radius 3 is 1.46 bits per heavy atom. The molecule has 3 heteroatoms. The number of carbonyl (C=O) groups is 1. The lowest BCUT2D eigenvalue weighted by molar-refractivity contribution is 0.0447. The van der Waals surface area contributed by atoms with E-state index in [1.165, 1.54) is 0 Å². The quantitative estimate of drug-likeness (QED) is 0.437. The fourth-order valence-corrected chi connectivity index (χ4v) is 2.98. The average Bonchev–Trinajstić information content (AvgIpc) is 2.70. The third-order valence-corrected chi connectivity index (χ3v) is 4.34. The Morgan fingerprint density at radius 1 is 0.577 bits per heavy atom. The molecule has 0 atom stereocenters. The number of ether oxygens (including phenoxy) is 2. The van der Waals surface area contributed by atoms with Crippen LogP contribution in [0, 0.1) is 0 Å². The molecule has 0 saturated carbocycles. The fraction of sp³-hybridized carbons (Fsp3) is 0.0870. The summed E-state index contributed by atoms with van der Waals surface area (Å²) in [7, 11) is 0. The van der Waals surface area contributed by atoms with Crippen molar-refractivity contribution in [2.75, 3.05) is 0 Å². The first kappa shape index (κ1) is 16.2. The predicted molar refractivity (Wildman–Crippen MR) is 103 cm³/mol. The highest BCUT2D eigenvalue weighted by Gasteiger charge is 2.06. The third kappa shape index (κ3) is 3.67. The number of benzene rings is 4. The van der Waals surface area contributed by atoms with Crippen molar-refractivity contribution in [2.45, 2.75) is 13.2 Å². The largest absolute Gasteiger partial charge is 0.508 e. The van der Waals surface area contributed by atoms with Crippen molar-refractivity contribution in [3.63, 3.8) is 0 Å². The fourth-order valence-electron chi connectivity index (χ4n) is 2.98. The van der Waals surface area contributed by atoms with Gasteiger partial charge < -0.3 is 9.47 Å². The number of hydrogen-bond acceptors (Lipinski definition) is 3. The van der Waals surface area contributed by atoms with Crippen LogP contribution in [0.1, 0.15) is 11.1 Å². The van der Waals surface area contributed by atoms with Gasteiger partial charge in [0.05, 0.1) is 0 Å². The molecule has 4 aromatic rings. The van der Waals surface area contributed by atoms with Gasteiger partial charge in [0.15, 0.2) is 0 Å². The Morgan fingerprint density at radius 2 is 1.00 bits per heavy atom. The molecule has 4 aromatic carbocycles. The van der Waals surface area contributed by atoms with Gasteiger partial charge in [0.25, 0.3) is 0 Å². The van der Waals surface area contributed by atoms with Crippen LogP contribution in [-0.2, 0) is 22.7 Å². The second kappa shape index (κ2) is 7.28. The highest BCUT2D eigenvalue weighted by atomic mass is 16.7. The van der Waals surface area contributed by atoms with Gasteiger partial charge in [-0.1, -0.05) is 72.8 Å². The summed E-state index contributed by atoms with van der Waals surface area (Å²) in [4.78, 5) is 11.9. The minimum Gasteiger partial charge on any atom is -0.429 e. The van der Waals surface area contributed by atoms with Crippen LogP contribution in [0.2, 0.25) is 0 Å². The molecule has 0 amide bonds. The highest BCUT2D eigenvalue weighted by molar-refractivity contribution is 5.83. The van der Waals surface area contributed by atoms with E-state index in [9.17, 15) is 4.79 Å². The van der Waals surface area contributed by atoms with E-state index < -0.39 is 6.16 Å². The van der Waals surface area contributed by atoms with Crippen LogP contribution in [0.15, 0.2) is 84.9 Å².